The van der Waals surface area contributed by atoms with Crippen molar-refractivity contribution < 1.29 is 9.90 Å². The molecule has 1 aromatic rings. The van der Waals surface area contributed by atoms with Gasteiger partial charge in [-0.1, -0.05) is 24.4 Å². The highest BCUT2D eigenvalue weighted by atomic mass is 32.1. The third kappa shape index (κ3) is 3.14. The molecule has 0 amide bonds. The summed E-state index contributed by atoms with van der Waals surface area (Å²) in [7, 11) is 0. The van der Waals surface area contributed by atoms with Gasteiger partial charge < -0.3 is 10.8 Å². The van der Waals surface area contributed by atoms with Crippen LogP contribution in [0.5, 0.6) is 0 Å². The predicted octanol–water partition coefficient (Wildman–Crippen LogP) is 1.60. The van der Waals surface area contributed by atoms with Crippen LogP contribution in [0.25, 0.3) is 0 Å². The number of nitrogens with two attached hydrogens (primary N) is 1. The summed E-state index contributed by atoms with van der Waals surface area (Å²) in [5.74, 6) is -0.911. The van der Waals surface area contributed by atoms with Gasteiger partial charge in [0.1, 0.15) is 0 Å². The minimum atomic E-state index is -0.911. The number of carboxylic acid groups (broad SMARTS) is 1. The molecule has 0 aliphatic heterocycles. The Kier molecular flexibility index (Phi) is 3.59. The Balaban J connectivity index is 2.64. The summed E-state index contributed by atoms with van der Waals surface area (Å²) in [5.41, 5.74) is 6.70. The van der Waals surface area contributed by atoms with E-state index in [1.165, 1.54) is 0 Å². The minimum Gasteiger partial charge on any atom is -0.478 e. The summed E-state index contributed by atoms with van der Waals surface area (Å²) >= 11 is 4.75. The Morgan fingerprint density at radius 2 is 1.93 bits per heavy atom. The van der Waals surface area contributed by atoms with Crippen molar-refractivity contribution in [1.29, 1.82) is 0 Å². The summed E-state index contributed by atoms with van der Waals surface area (Å²) in [6.07, 6.45) is 1.41. The lowest BCUT2D eigenvalue weighted by atomic mass is 10.1. The van der Waals surface area contributed by atoms with Crippen molar-refractivity contribution in [2.24, 2.45) is 5.73 Å². The van der Waals surface area contributed by atoms with Crippen molar-refractivity contribution in [3.05, 3.63) is 35.4 Å². The lowest BCUT2D eigenvalue weighted by Crippen LogP contribution is -2.08. The quantitative estimate of drug-likeness (QED) is 0.739. The monoisotopic (exact) mass is 209 g/mol. The molecule has 0 saturated carbocycles. The summed E-state index contributed by atoms with van der Waals surface area (Å²) in [6, 6.07) is 6.72. The lowest BCUT2D eigenvalue weighted by molar-refractivity contribution is 0.0697. The van der Waals surface area contributed by atoms with Crippen molar-refractivity contribution in [3.63, 3.8) is 0 Å². The minimum absolute atomic E-state index is 0.295. The molecule has 3 N–H and O–H groups in total. The summed E-state index contributed by atoms with van der Waals surface area (Å²) in [4.78, 5) is 11.0. The van der Waals surface area contributed by atoms with E-state index in [1.54, 1.807) is 24.3 Å². The number of hydrogen-bond donors (Lipinski definition) is 2. The number of aromatic carboxylic acids is 1. The number of thiocarbonyl (C=S) groups is 1. The van der Waals surface area contributed by atoms with Crippen LogP contribution >= 0.6 is 12.2 Å². The molecule has 0 saturated heterocycles. The first kappa shape index (κ1) is 10.7. The average molecular weight is 209 g/mol. The van der Waals surface area contributed by atoms with E-state index in [0.29, 0.717) is 17.0 Å². The molecule has 14 heavy (non-hydrogen) atoms. The van der Waals surface area contributed by atoms with Crippen LogP contribution in [0.1, 0.15) is 22.3 Å². The average Bonchev–Trinajstić information content (AvgIpc) is 2.15. The van der Waals surface area contributed by atoms with Crippen LogP contribution in [-0.2, 0) is 6.42 Å². The second-order valence-corrected chi connectivity index (χ2v) is 3.49. The van der Waals surface area contributed by atoms with E-state index < -0.39 is 5.97 Å². The second-order valence-electron chi connectivity index (χ2n) is 2.97. The number of aryl methyl sites for hydroxylation is 1. The van der Waals surface area contributed by atoms with Gasteiger partial charge in [-0.05, 0) is 24.1 Å². The molecule has 0 heterocycles. The fourth-order valence-corrected chi connectivity index (χ4v) is 1.18. The third-order valence-corrected chi connectivity index (χ3v) is 2.07. The summed E-state index contributed by atoms with van der Waals surface area (Å²) in [5, 5.41) is 8.65. The lowest BCUT2D eigenvalue weighted by Gasteiger charge is -2.00. The van der Waals surface area contributed by atoms with Crippen LogP contribution in [0.15, 0.2) is 24.3 Å². The van der Waals surface area contributed by atoms with Crippen LogP contribution in [0, 0.1) is 0 Å². The first-order valence-corrected chi connectivity index (χ1v) is 4.61. The Morgan fingerprint density at radius 1 is 1.36 bits per heavy atom. The topological polar surface area (TPSA) is 63.3 Å². The van der Waals surface area contributed by atoms with Crippen LogP contribution in [0.2, 0.25) is 0 Å². The van der Waals surface area contributed by atoms with E-state index in [2.05, 4.69) is 0 Å². The molecule has 3 nitrogen and oxygen atoms in total. The fourth-order valence-electron chi connectivity index (χ4n) is 1.08. The molecule has 0 unspecified atom stereocenters. The highest BCUT2D eigenvalue weighted by Crippen LogP contribution is 2.06. The molecule has 4 heteroatoms. The highest BCUT2D eigenvalue weighted by molar-refractivity contribution is 7.80. The standard InChI is InChI=1S/C10H11NO2S/c11-9(14)6-3-7-1-4-8(5-2-7)10(12)13/h1-2,4-5H,3,6H2,(H2,11,14)(H,12,13). The maximum Gasteiger partial charge on any atom is 0.335 e. The zero-order valence-corrected chi connectivity index (χ0v) is 8.38. The van der Waals surface area contributed by atoms with Gasteiger partial charge in [-0.3, -0.25) is 0 Å². The Bertz CT molecular complexity index is 346. The van der Waals surface area contributed by atoms with Crippen molar-refractivity contribution in [2.45, 2.75) is 12.8 Å². The maximum absolute atomic E-state index is 10.5. The normalized spacial score (nSPS) is 9.71. The Morgan fingerprint density at radius 3 is 2.36 bits per heavy atom. The molecule has 0 radical (unpaired) electrons. The summed E-state index contributed by atoms with van der Waals surface area (Å²) < 4.78 is 0. The van der Waals surface area contributed by atoms with E-state index in [0.717, 1.165) is 12.0 Å². The third-order valence-electron chi connectivity index (χ3n) is 1.86. The van der Waals surface area contributed by atoms with Crippen molar-refractivity contribution in [3.8, 4) is 0 Å². The van der Waals surface area contributed by atoms with Gasteiger partial charge in [0, 0.05) is 6.42 Å². The molecule has 0 atom stereocenters. The van der Waals surface area contributed by atoms with Gasteiger partial charge in [-0.25, -0.2) is 4.79 Å². The van der Waals surface area contributed by atoms with Gasteiger partial charge in [-0.15, -0.1) is 0 Å². The van der Waals surface area contributed by atoms with E-state index in [4.69, 9.17) is 23.1 Å². The molecule has 0 aliphatic rings. The van der Waals surface area contributed by atoms with E-state index in [9.17, 15) is 4.79 Å². The largest absolute Gasteiger partial charge is 0.478 e. The van der Waals surface area contributed by atoms with Crippen LogP contribution in [0.4, 0.5) is 0 Å². The van der Waals surface area contributed by atoms with Gasteiger partial charge in [0.05, 0.1) is 10.6 Å². The fraction of sp³-hybridized carbons (Fsp3) is 0.200. The molecule has 0 aliphatic carbocycles. The molecular weight excluding hydrogens is 198 g/mol. The molecule has 0 fully saturated rings. The van der Waals surface area contributed by atoms with Gasteiger partial charge in [0.15, 0.2) is 0 Å². The predicted molar refractivity (Wildman–Crippen MR) is 58.5 cm³/mol. The number of rotatable bonds is 4. The number of benzene rings is 1. The molecule has 74 valence electrons. The van der Waals surface area contributed by atoms with Gasteiger partial charge in [0.25, 0.3) is 0 Å². The van der Waals surface area contributed by atoms with Crippen LogP contribution in [0.3, 0.4) is 0 Å². The second kappa shape index (κ2) is 4.72. The van der Waals surface area contributed by atoms with Crippen LogP contribution < -0.4 is 5.73 Å². The van der Waals surface area contributed by atoms with Crippen LogP contribution in [-0.4, -0.2) is 16.1 Å². The number of hydrogen-bond acceptors (Lipinski definition) is 2. The first-order chi connectivity index (χ1) is 6.59. The van der Waals surface area contributed by atoms with Crippen molar-refractivity contribution in [2.75, 3.05) is 0 Å². The van der Waals surface area contributed by atoms with E-state index >= 15 is 0 Å². The molecule has 0 bridgehead atoms. The maximum atomic E-state index is 10.5. The molecule has 1 rings (SSSR count). The molecule has 0 spiro atoms. The zero-order chi connectivity index (χ0) is 10.6. The van der Waals surface area contributed by atoms with E-state index in [1.807, 2.05) is 0 Å². The molecule has 1 aromatic carbocycles. The molecular formula is C10H11NO2S. The van der Waals surface area contributed by atoms with Gasteiger partial charge in [0.2, 0.25) is 0 Å². The zero-order valence-electron chi connectivity index (χ0n) is 7.56. The smallest absolute Gasteiger partial charge is 0.335 e. The Hall–Kier alpha value is -1.42. The highest BCUT2D eigenvalue weighted by Gasteiger charge is 2.01. The van der Waals surface area contributed by atoms with Gasteiger partial charge >= 0.3 is 5.97 Å². The van der Waals surface area contributed by atoms with Crippen molar-refractivity contribution >= 4 is 23.2 Å². The van der Waals surface area contributed by atoms with Crippen molar-refractivity contribution in [1.82, 2.24) is 0 Å². The molecule has 0 aromatic heterocycles. The number of carbonyl (C=O) groups is 1. The Labute approximate surface area is 87.5 Å². The first-order valence-electron chi connectivity index (χ1n) is 4.20. The van der Waals surface area contributed by atoms with Gasteiger partial charge in [-0.2, -0.15) is 0 Å². The van der Waals surface area contributed by atoms with E-state index in [-0.39, 0.29) is 0 Å². The number of carboxylic acids is 1. The SMILES string of the molecule is NC(=S)CCc1ccc(C(=O)O)cc1. The summed E-state index contributed by atoms with van der Waals surface area (Å²) in [6.45, 7) is 0.